The zero-order chi connectivity index (χ0) is 8.10. The predicted molar refractivity (Wildman–Crippen MR) is 38.9 cm³/mol. The molecule has 0 saturated heterocycles. The number of methoxy groups -OCH3 is 1. The summed E-state index contributed by atoms with van der Waals surface area (Å²) in [7, 11) is 1.64. The van der Waals surface area contributed by atoms with Gasteiger partial charge in [0.1, 0.15) is 6.07 Å². The SMILES string of the molecule is COCCc1cnc(C#N)[nH]1. The number of rotatable bonds is 3. The molecule has 0 atom stereocenters. The van der Waals surface area contributed by atoms with Crippen LogP contribution in [0.1, 0.15) is 11.5 Å². The topological polar surface area (TPSA) is 61.7 Å². The van der Waals surface area contributed by atoms with Crippen LogP contribution in [0, 0.1) is 11.3 Å². The van der Waals surface area contributed by atoms with Crippen LogP contribution in [-0.2, 0) is 11.2 Å². The molecule has 4 heteroatoms. The quantitative estimate of drug-likeness (QED) is 0.683. The number of H-pyrrole nitrogens is 1. The van der Waals surface area contributed by atoms with Crippen LogP contribution in [0.15, 0.2) is 6.20 Å². The fourth-order valence-electron chi connectivity index (χ4n) is 0.755. The first kappa shape index (κ1) is 7.76. The Bertz CT molecular complexity index is 261. The van der Waals surface area contributed by atoms with Gasteiger partial charge in [0.15, 0.2) is 0 Å². The van der Waals surface area contributed by atoms with Gasteiger partial charge in [-0.2, -0.15) is 5.26 Å². The van der Waals surface area contributed by atoms with Crippen molar-refractivity contribution in [3.8, 4) is 6.07 Å². The molecule has 0 amide bonds. The van der Waals surface area contributed by atoms with Gasteiger partial charge in [-0.3, -0.25) is 0 Å². The second-order valence-corrected chi connectivity index (χ2v) is 2.11. The summed E-state index contributed by atoms with van der Waals surface area (Å²) in [6, 6.07) is 1.92. The summed E-state index contributed by atoms with van der Waals surface area (Å²) in [6.07, 6.45) is 2.42. The van der Waals surface area contributed by atoms with Gasteiger partial charge in [-0.05, 0) is 0 Å². The van der Waals surface area contributed by atoms with Crippen LogP contribution in [0.2, 0.25) is 0 Å². The van der Waals surface area contributed by atoms with E-state index in [0.717, 1.165) is 12.1 Å². The van der Waals surface area contributed by atoms with E-state index in [1.807, 2.05) is 6.07 Å². The van der Waals surface area contributed by atoms with Gasteiger partial charge in [-0.15, -0.1) is 0 Å². The molecule has 0 saturated carbocycles. The van der Waals surface area contributed by atoms with E-state index in [4.69, 9.17) is 10.00 Å². The van der Waals surface area contributed by atoms with Gasteiger partial charge in [-0.1, -0.05) is 0 Å². The van der Waals surface area contributed by atoms with Crippen LogP contribution in [0.3, 0.4) is 0 Å². The molecule has 0 aliphatic rings. The van der Waals surface area contributed by atoms with Gasteiger partial charge >= 0.3 is 0 Å². The molecule has 0 unspecified atom stereocenters. The Morgan fingerprint density at radius 2 is 2.64 bits per heavy atom. The minimum atomic E-state index is 0.358. The van der Waals surface area contributed by atoms with Crippen LogP contribution in [0.25, 0.3) is 0 Å². The van der Waals surface area contributed by atoms with Crippen molar-refractivity contribution in [2.75, 3.05) is 13.7 Å². The van der Waals surface area contributed by atoms with Crippen LogP contribution in [0.5, 0.6) is 0 Å². The number of hydrogen-bond donors (Lipinski definition) is 1. The zero-order valence-corrected chi connectivity index (χ0v) is 6.29. The highest BCUT2D eigenvalue weighted by Gasteiger charge is 1.97. The Kier molecular flexibility index (Phi) is 2.64. The van der Waals surface area contributed by atoms with Gasteiger partial charge < -0.3 is 9.72 Å². The molecule has 1 heterocycles. The van der Waals surface area contributed by atoms with Crippen molar-refractivity contribution in [3.05, 3.63) is 17.7 Å². The third-order valence-electron chi connectivity index (χ3n) is 1.31. The fraction of sp³-hybridized carbons (Fsp3) is 0.429. The third kappa shape index (κ3) is 2.06. The first-order chi connectivity index (χ1) is 5.36. The van der Waals surface area contributed by atoms with Crippen molar-refractivity contribution in [3.63, 3.8) is 0 Å². The van der Waals surface area contributed by atoms with E-state index in [-0.39, 0.29) is 0 Å². The molecule has 0 aliphatic heterocycles. The van der Waals surface area contributed by atoms with E-state index in [1.165, 1.54) is 0 Å². The van der Waals surface area contributed by atoms with Crippen molar-refractivity contribution in [2.45, 2.75) is 6.42 Å². The molecule has 1 rings (SSSR count). The van der Waals surface area contributed by atoms with E-state index < -0.39 is 0 Å². The normalized spacial score (nSPS) is 9.45. The molecule has 0 radical (unpaired) electrons. The minimum Gasteiger partial charge on any atom is -0.384 e. The lowest BCUT2D eigenvalue weighted by atomic mass is 10.3. The lowest BCUT2D eigenvalue weighted by Gasteiger charge is -1.92. The average molecular weight is 151 g/mol. The van der Waals surface area contributed by atoms with Gasteiger partial charge in [0.25, 0.3) is 0 Å². The van der Waals surface area contributed by atoms with Crippen molar-refractivity contribution in [2.24, 2.45) is 0 Å². The Morgan fingerprint density at radius 3 is 3.18 bits per heavy atom. The van der Waals surface area contributed by atoms with Crippen LogP contribution in [0.4, 0.5) is 0 Å². The number of ether oxygens (including phenoxy) is 1. The summed E-state index contributed by atoms with van der Waals surface area (Å²) >= 11 is 0. The summed E-state index contributed by atoms with van der Waals surface area (Å²) in [4.78, 5) is 6.66. The number of nitrogens with one attached hydrogen (secondary N) is 1. The Hall–Kier alpha value is -1.34. The highest BCUT2D eigenvalue weighted by molar-refractivity contribution is 5.13. The first-order valence-electron chi connectivity index (χ1n) is 3.29. The lowest BCUT2D eigenvalue weighted by molar-refractivity contribution is 0.201. The second-order valence-electron chi connectivity index (χ2n) is 2.11. The Morgan fingerprint density at radius 1 is 1.82 bits per heavy atom. The molecule has 4 nitrogen and oxygen atoms in total. The molecule has 0 spiro atoms. The fourth-order valence-corrected chi connectivity index (χ4v) is 0.755. The van der Waals surface area contributed by atoms with Crippen LogP contribution in [-0.4, -0.2) is 23.7 Å². The van der Waals surface area contributed by atoms with E-state index in [1.54, 1.807) is 13.3 Å². The summed E-state index contributed by atoms with van der Waals surface area (Å²) in [6.45, 7) is 0.646. The highest BCUT2D eigenvalue weighted by Crippen LogP contribution is 1.96. The molecule has 11 heavy (non-hydrogen) atoms. The maximum atomic E-state index is 8.40. The Balaban J connectivity index is 2.53. The molecule has 1 aromatic rings. The molecule has 0 bridgehead atoms. The van der Waals surface area contributed by atoms with Crippen molar-refractivity contribution in [1.82, 2.24) is 9.97 Å². The lowest BCUT2D eigenvalue weighted by Crippen LogP contribution is -1.94. The summed E-state index contributed by atoms with van der Waals surface area (Å²) < 4.78 is 4.86. The Labute approximate surface area is 64.8 Å². The van der Waals surface area contributed by atoms with Crippen molar-refractivity contribution in [1.29, 1.82) is 5.26 Å². The molecule has 0 aliphatic carbocycles. The van der Waals surface area contributed by atoms with Crippen molar-refractivity contribution < 1.29 is 4.74 Å². The summed E-state index contributed by atoms with van der Waals surface area (Å²) in [5.41, 5.74) is 0.934. The zero-order valence-electron chi connectivity index (χ0n) is 6.29. The smallest absolute Gasteiger partial charge is 0.210 e. The van der Waals surface area contributed by atoms with E-state index in [0.29, 0.717) is 12.4 Å². The van der Waals surface area contributed by atoms with Crippen LogP contribution >= 0.6 is 0 Å². The number of hydrogen-bond acceptors (Lipinski definition) is 3. The first-order valence-corrected chi connectivity index (χ1v) is 3.29. The number of nitrogens with zero attached hydrogens (tertiary/aromatic N) is 2. The van der Waals surface area contributed by atoms with E-state index in [2.05, 4.69) is 9.97 Å². The van der Waals surface area contributed by atoms with E-state index >= 15 is 0 Å². The number of imidazole rings is 1. The minimum absolute atomic E-state index is 0.358. The molecule has 0 fully saturated rings. The maximum Gasteiger partial charge on any atom is 0.210 e. The molecule has 58 valence electrons. The standard InChI is InChI=1S/C7H9N3O/c1-11-3-2-6-5-9-7(4-8)10-6/h5H,2-3H2,1H3,(H,9,10). The summed E-state index contributed by atoms with van der Waals surface area (Å²) in [5, 5.41) is 8.40. The van der Waals surface area contributed by atoms with E-state index in [9.17, 15) is 0 Å². The third-order valence-corrected chi connectivity index (χ3v) is 1.31. The largest absolute Gasteiger partial charge is 0.384 e. The molecular formula is C7H9N3O. The van der Waals surface area contributed by atoms with Gasteiger partial charge in [0.2, 0.25) is 5.82 Å². The number of aromatic nitrogens is 2. The second kappa shape index (κ2) is 3.74. The van der Waals surface area contributed by atoms with Gasteiger partial charge in [-0.25, -0.2) is 4.98 Å². The maximum absolute atomic E-state index is 8.40. The molecule has 0 aromatic carbocycles. The number of nitriles is 1. The van der Waals surface area contributed by atoms with Crippen LogP contribution < -0.4 is 0 Å². The molecular weight excluding hydrogens is 142 g/mol. The summed E-state index contributed by atoms with van der Waals surface area (Å²) in [5.74, 6) is 0.358. The van der Waals surface area contributed by atoms with Crippen molar-refractivity contribution >= 4 is 0 Å². The predicted octanol–water partition coefficient (Wildman–Crippen LogP) is 0.470. The monoisotopic (exact) mass is 151 g/mol. The molecule has 1 N–H and O–H groups in total. The van der Waals surface area contributed by atoms with Gasteiger partial charge in [0.05, 0.1) is 6.61 Å². The molecule has 1 aromatic heterocycles. The van der Waals surface area contributed by atoms with Gasteiger partial charge in [0, 0.05) is 25.4 Å². The highest BCUT2D eigenvalue weighted by atomic mass is 16.5. The average Bonchev–Trinajstić information content (AvgIpc) is 2.48. The number of aromatic amines is 1.